The van der Waals surface area contributed by atoms with Crippen molar-refractivity contribution in [3.05, 3.63) is 41.7 Å². The summed E-state index contributed by atoms with van der Waals surface area (Å²) in [5.74, 6) is 1.67. The summed E-state index contributed by atoms with van der Waals surface area (Å²) in [5.41, 5.74) is 2.46. The van der Waals surface area contributed by atoms with Crippen molar-refractivity contribution in [2.75, 3.05) is 25.0 Å². The molecule has 0 radical (unpaired) electrons. The Morgan fingerprint density at radius 1 is 1.21 bits per heavy atom. The maximum atomic E-state index is 12.6. The van der Waals surface area contributed by atoms with Gasteiger partial charge in [-0.1, -0.05) is 12.1 Å². The molecule has 5 nitrogen and oxygen atoms in total. The SMILES string of the molecule is Cc1ccc(-c2ccc(C)c(NC(=O)N3CCOC(C)(C)C3)c2)o1. The molecular weight excluding hydrogens is 304 g/mol. The lowest BCUT2D eigenvalue weighted by Crippen LogP contribution is -2.51. The van der Waals surface area contributed by atoms with E-state index in [9.17, 15) is 4.79 Å². The number of nitrogens with one attached hydrogen (secondary N) is 1. The van der Waals surface area contributed by atoms with E-state index in [1.54, 1.807) is 4.90 Å². The minimum atomic E-state index is -0.307. The van der Waals surface area contributed by atoms with Gasteiger partial charge >= 0.3 is 6.03 Å². The van der Waals surface area contributed by atoms with E-state index in [2.05, 4.69) is 5.32 Å². The minimum absolute atomic E-state index is 0.0951. The smallest absolute Gasteiger partial charge is 0.322 e. The second kappa shape index (κ2) is 6.32. The molecule has 1 aliphatic heterocycles. The van der Waals surface area contributed by atoms with Crippen LogP contribution in [0.3, 0.4) is 0 Å². The van der Waals surface area contributed by atoms with E-state index in [1.807, 2.05) is 58.0 Å². The summed E-state index contributed by atoms with van der Waals surface area (Å²) >= 11 is 0. The number of aryl methyl sites for hydroxylation is 2. The first kappa shape index (κ1) is 16.6. The summed E-state index contributed by atoms with van der Waals surface area (Å²) in [7, 11) is 0. The van der Waals surface area contributed by atoms with E-state index in [0.717, 1.165) is 28.3 Å². The molecule has 0 unspecified atom stereocenters. The summed E-state index contributed by atoms with van der Waals surface area (Å²) in [6.07, 6.45) is 0. The molecule has 0 spiro atoms. The predicted octanol–water partition coefficient (Wildman–Crippen LogP) is 4.21. The van der Waals surface area contributed by atoms with Crippen LogP contribution in [0.1, 0.15) is 25.2 Å². The molecule has 24 heavy (non-hydrogen) atoms. The van der Waals surface area contributed by atoms with Gasteiger partial charge < -0.3 is 19.4 Å². The van der Waals surface area contributed by atoms with Gasteiger partial charge in [0.2, 0.25) is 0 Å². The van der Waals surface area contributed by atoms with Gasteiger partial charge in [-0.2, -0.15) is 0 Å². The average molecular weight is 328 g/mol. The zero-order chi connectivity index (χ0) is 17.3. The third-order valence-electron chi connectivity index (χ3n) is 4.22. The Morgan fingerprint density at radius 3 is 2.67 bits per heavy atom. The van der Waals surface area contributed by atoms with Crippen molar-refractivity contribution in [3.63, 3.8) is 0 Å². The zero-order valence-corrected chi connectivity index (χ0v) is 14.7. The average Bonchev–Trinajstić information content (AvgIpc) is 2.95. The highest BCUT2D eigenvalue weighted by Gasteiger charge is 2.30. The molecule has 1 saturated heterocycles. The number of amides is 2. The van der Waals surface area contributed by atoms with Crippen LogP contribution >= 0.6 is 0 Å². The van der Waals surface area contributed by atoms with Crippen LogP contribution in [0.15, 0.2) is 34.7 Å². The quantitative estimate of drug-likeness (QED) is 0.898. The number of carbonyl (C=O) groups is 1. The van der Waals surface area contributed by atoms with E-state index in [-0.39, 0.29) is 11.6 Å². The molecule has 1 aliphatic rings. The second-order valence-corrected chi connectivity index (χ2v) is 6.90. The predicted molar refractivity (Wildman–Crippen MR) is 94.2 cm³/mol. The van der Waals surface area contributed by atoms with Crippen molar-refractivity contribution >= 4 is 11.7 Å². The molecule has 1 aromatic carbocycles. The highest BCUT2D eigenvalue weighted by atomic mass is 16.5. The molecule has 2 aromatic rings. The first-order chi connectivity index (χ1) is 11.3. The van der Waals surface area contributed by atoms with E-state index in [1.165, 1.54) is 0 Å². The largest absolute Gasteiger partial charge is 0.461 e. The van der Waals surface area contributed by atoms with Crippen molar-refractivity contribution in [2.45, 2.75) is 33.3 Å². The van der Waals surface area contributed by atoms with Crippen LogP contribution in [0.25, 0.3) is 11.3 Å². The second-order valence-electron chi connectivity index (χ2n) is 6.90. The van der Waals surface area contributed by atoms with E-state index < -0.39 is 0 Å². The number of hydrogen-bond acceptors (Lipinski definition) is 3. The lowest BCUT2D eigenvalue weighted by atomic mass is 10.1. The standard InChI is InChI=1S/C19H24N2O3/c1-13-5-7-15(17-8-6-14(2)24-17)11-16(13)20-18(22)21-9-10-23-19(3,4)12-21/h5-8,11H,9-10,12H2,1-4H3,(H,20,22). The fraction of sp³-hybridized carbons (Fsp3) is 0.421. The molecule has 0 bridgehead atoms. The number of nitrogens with zero attached hydrogens (tertiary/aromatic N) is 1. The van der Waals surface area contributed by atoms with Crippen LogP contribution in [-0.4, -0.2) is 36.2 Å². The first-order valence-electron chi connectivity index (χ1n) is 8.21. The maximum Gasteiger partial charge on any atom is 0.322 e. The van der Waals surface area contributed by atoms with Crippen molar-refractivity contribution in [2.24, 2.45) is 0 Å². The van der Waals surface area contributed by atoms with Gasteiger partial charge in [0.1, 0.15) is 11.5 Å². The summed E-state index contributed by atoms with van der Waals surface area (Å²) < 4.78 is 11.3. The van der Waals surface area contributed by atoms with Gasteiger partial charge in [-0.05, 0) is 51.5 Å². The molecule has 0 saturated carbocycles. The lowest BCUT2D eigenvalue weighted by molar-refractivity contribution is -0.0720. The van der Waals surface area contributed by atoms with Crippen LogP contribution in [-0.2, 0) is 4.74 Å². The Kier molecular flexibility index (Phi) is 4.37. The molecule has 2 heterocycles. The number of ether oxygens (including phenoxy) is 1. The Hall–Kier alpha value is -2.27. The van der Waals surface area contributed by atoms with E-state index in [0.29, 0.717) is 19.7 Å². The van der Waals surface area contributed by atoms with Gasteiger partial charge in [0.15, 0.2) is 0 Å². The summed E-state index contributed by atoms with van der Waals surface area (Å²) in [5, 5.41) is 3.02. The van der Waals surface area contributed by atoms with Gasteiger partial charge in [-0.3, -0.25) is 0 Å². The summed E-state index contributed by atoms with van der Waals surface area (Å²) in [4.78, 5) is 14.4. The number of hydrogen-bond donors (Lipinski definition) is 1. The summed E-state index contributed by atoms with van der Waals surface area (Å²) in [6.45, 7) is 9.64. The van der Waals surface area contributed by atoms with Crippen molar-refractivity contribution in [3.8, 4) is 11.3 Å². The molecule has 0 atom stereocenters. The minimum Gasteiger partial charge on any atom is -0.461 e. The fourth-order valence-electron chi connectivity index (χ4n) is 2.88. The Balaban J connectivity index is 1.78. The molecule has 1 N–H and O–H groups in total. The number of urea groups is 1. The highest BCUT2D eigenvalue weighted by molar-refractivity contribution is 5.91. The van der Waals surface area contributed by atoms with Gasteiger partial charge in [-0.15, -0.1) is 0 Å². The molecule has 3 rings (SSSR count). The molecule has 128 valence electrons. The van der Waals surface area contributed by atoms with Crippen molar-refractivity contribution in [1.29, 1.82) is 0 Å². The van der Waals surface area contributed by atoms with Crippen molar-refractivity contribution < 1.29 is 13.9 Å². The monoisotopic (exact) mass is 328 g/mol. The number of furan rings is 1. The third-order valence-corrected chi connectivity index (χ3v) is 4.22. The number of morpholine rings is 1. The number of anilines is 1. The summed E-state index contributed by atoms with van der Waals surface area (Å²) in [6, 6.07) is 9.73. The van der Waals surface area contributed by atoms with Gasteiger partial charge in [0, 0.05) is 17.8 Å². The van der Waals surface area contributed by atoms with Crippen LogP contribution in [0.4, 0.5) is 10.5 Å². The van der Waals surface area contributed by atoms with Crippen LogP contribution in [0, 0.1) is 13.8 Å². The number of benzene rings is 1. The Morgan fingerprint density at radius 2 is 2.00 bits per heavy atom. The first-order valence-corrected chi connectivity index (χ1v) is 8.21. The maximum absolute atomic E-state index is 12.6. The normalized spacial score (nSPS) is 16.9. The van der Waals surface area contributed by atoms with E-state index in [4.69, 9.17) is 9.15 Å². The molecule has 5 heteroatoms. The highest BCUT2D eigenvalue weighted by Crippen LogP contribution is 2.27. The molecular formula is C19H24N2O3. The van der Waals surface area contributed by atoms with E-state index >= 15 is 0 Å². The Labute approximate surface area is 142 Å². The Bertz CT molecular complexity index is 749. The molecule has 1 aromatic heterocycles. The molecule has 0 aliphatic carbocycles. The molecule has 1 fully saturated rings. The van der Waals surface area contributed by atoms with Gasteiger partial charge in [-0.25, -0.2) is 4.79 Å². The zero-order valence-electron chi connectivity index (χ0n) is 14.7. The van der Waals surface area contributed by atoms with Gasteiger partial charge in [0.25, 0.3) is 0 Å². The van der Waals surface area contributed by atoms with Crippen LogP contribution < -0.4 is 5.32 Å². The van der Waals surface area contributed by atoms with Gasteiger partial charge in [0.05, 0.1) is 18.8 Å². The topological polar surface area (TPSA) is 54.7 Å². The number of carbonyl (C=O) groups excluding carboxylic acids is 1. The number of rotatable bonds is 2. The molecule has 2 amide bonds. The van der Waals surface area contributed by atoms with Crippen molar-refractivity contribution in [1.82, 2.24) is 4.90 Å². The lowest BCUT2D eigenvalue weighted by Gasteiger charge is -2.38. The third kappa shape index (κ3) is 3.62. The van der Waals surface area contributed by atoms with Crippen LogP contribution in [0.5, 0.6) is 0 Å². The van der Waals surface area contributed by atoms with Crippen LogP contribution in [0.2, 0.25) is 0 Å². The fourth-order valence-corrected chi connectivity index (χ4v) is 2.88.